The lowest BCUT2D eigenvalue weighted by atomic mass is 10.3. The van der Waals surface area contributed by atoms with E-state index in [1.807, 2.05) is 0 Å². The molecule has 6 heteroatoms. The summed E-state index contributed by atoms with van der Waals surface area (Å²) in [7, 11) is 0. The Kier molecular flexibility index (Phi) is 2.72. The van der Waals surface area contributed by atoms with E-state index >= 15 is 0 Å². The van der Waals surface area contributed by atoms with E-state index in [2.05, 4.69) is 20.9 Å². The molecule has 0 atom stereocenters. The fourth-order valence-electron chi connectivity index (χ4n) is 0.813. The number of rotatable bonds is 2. The maximum Gasteiger partial charge on any atom is 0.306 e. The second-order valence-electron chi connectivity index (χ2n) is 2.05. The zero-order chi connectivity index (χ0) is 9.14. The van der Waals surface area contributed by atoms with Gasteiger partial charge in [0.2, 0.25) is 0 Å². The van der Waals surface area contributed by atoms with Crippen LogP contribution in [0.15, 0.2) is 16.7 Å². The predicted molar refractivity (Wildman–Crippen MR) is 46.5 cm³/mol. The van der Waals surface area contributed by atoms with Crippen molar-refractivity contribution >= 4 is 21.6 Å². The third-order valence-corrected chi connectivity index (χ3v) is 1.97. The van der Waals surface area contributed by atoms with Gasteiger partial charge in [0, 0.05) is 12.7 Å². The minimum Gasteiger partial charge on any atom is -0.325 e. The van der Waals surface area contributed by atoms with E-state index in [9.17, 15) is 10.1 Å². The lowest BCUT2D eigenvalue weighted by Crippen LogP contribution is -2.04. The summed E-state index contributed by atoms with van der Waals surface area (Å²) in [6.45, 7) is 0.0652. The molecule has 0 saturated carbocycles. The first-order valence-corrected chi connectivity index (χ1v) is 3.94. The summed E-state index contributed by atoms with van der Waals surface area (Å²) in [5.74, 6) is 0. The first-order chi connectivity index (χ1) is 5.66. The van der Waals surface area contributed by atoms with Crippen molar-refractivity contribution in [2.45, 2.75) is 6.54 Å². The average molecular weight is 232 g/mol. The summed E-state index contributed by atoms with van der Waals surface area (Å²) in [6.07, 6.45) is 1.47. The summed E-state index contributed by atoms with van der Waals surface area (Å²) < 4.78 is 0.406. The molecule has 0 saturated heterocycles. The molecule has 1 rings (SSSR count). The molecule has 0 unspecified atom stereocenters. The van der Waals surface area contributed by atoms with Gasteiger partial charge >= 0.3 is 5.69 Å². The Labute approximate surface area is 76.9 Å². The number of nitro groups is 1. The second-order valence-corrected chi connectivity index (χ2v) is 2.90. The van der Waals surface area contributed by atoms with Crippen LogP contribution in [-0.2, 0) is 6.54 Å². The van der Waals surface area contributed by atoms with Gasteiger partial charge in [-0.05, 0) is 22.0 Å². The van der Waals surface area contributed by atoms with Gasteiger partial charge in [0.25, 0.3) is 0 Å². The van der Waals surface area contributed by atoms with Gasteiger partial charge in [0.1, 0.15) is 5.69 Å². The summed E-state index contributed by atoms with van der Waals surface area (Å²) in [5.41, 5.74) is 5.50. The van der Waals surface area contributed by atoms with Crippen LogP contribution in [0.5, 0.6) is 0 Å². The van der Waals surface area contributed by atoms with Gasteiger partial charge < -0.3 is 5.73 Å². The van der Waals surface area contributed by atoms with Gasteiger partial charge in [-0.25, -0.2) is 0 Å². The highest BCUT2D eigenvalue weighted by atomic mass is 79.9. The summed E-state index contributed by atoms with van der Waals surface area (Å²) in [4.78, 5) is 13.8. The third-order valence-electron chi connectivity index (χ3n) is 1.33. The minimum atomic E-state index is -0.501. The molecule has 0 spiro atoms. The van der Waals surface area contributed by atoms with Crippen molar-refractivity contribution in [3.05, 3.63) is 32.5 Å². The highest BCUT2D eigenvalue weighted by Gasteiger charge is 2.17. The van der Waals surface area contributed by atoms with E-state index < -0.39 is 4.92 Å². The summed E-state index contributed by atoms with van der Waals surface area (Å²) >= 11 is 3.05. The van der Waals surface area contributed by atoms with Crippen LogP contribution in [-0.4, -0.2) is 9.91 Å². The molecular formula is C6H6BrN3O2. The lowest BCUT2D eigenvalue weighted by Gasteiger charge is -1.99. The standard InChI is InChI=1S/C6H6BrN3O2/c7-4-1-2-9-5(3-8)6(4)10(11)12/h1-2H,3,8H2. The Bertz CT molecular complexity index is 316. The fourth-order valence-corrected chi connectivity index (χ4v) is 1.30. The van der Waals surface area contributed by atoms with E-state index in [1.54, 1.807) is 0 Å². The minimum absolute atomic E-state index is 0.0556. The molecule has 0 bridgehead atoms. The van der Waals surface area contributed by atoms with Crippen molar-refractivity contribution in [1.82, 2.24) is 4.98 Å². The lowest BCUT2D eigenvalue weighted by molar-refractivity contribution is -0.386. The molecule has 0 aliphatic rings. The van der Waals surface area contributed by atoms with Crippen LogP contribution in [0.4, 0.5) is 5.69 Å². The van der Waals surface area contributed by atoms with Crippen LogP contribution < -0.4 is 5.73 Å². The molecule has 0 aromatic carbocycles. The van der Waals surface area contributed by atoms with Crippen molar-refractivity contribution in [1.29, 1.82) is 0 Å². The maximum atomic E-state index is 10.5. The topological polar surface area (TPSA) is 82.0 Å². The number of halogens is 1. The highest BCUT2D eigenvalue weighted by molar-refractivity contribution is 9.10. The molecule has 0 aliphatic carbocycles. The number of pyridine rings is 1. The Morgan fingerprint density at radius 1 is 1.75 bits per heavy atom. The average Bonchev–Trinajstić information content (AvgIpc) is 2.03. The Morgan fingerprint density at radius 3 is 2.83 bits per heavy atom. The molecule has 0 amide bonds. The molecule has 2 N–H and O–H groups in total. The van der Waals surface area contributed by atoms with Gasteiger partial charge in [0.05, 0.1) is 9.40 Å². The van der Waals surface area contributed by atoms with Crippen LogP contribution in [0.25, 0.3) is 0 Å². The number of nitrogens with zero attached hydrogens (tertiary/aromatic N) is 2. The zero-order valence-electron chi connectivity index (χ0n) is 6.03. The van der Waals surface area contributed by atoms with E-state index in [4.69, 9.17) is 5.73 Å². The van der Waals surface area contributed by atoms with Gasteiger partial charge in [-0.2, -0.15) is 0 Å². The Morgan fingerprint density at radius 2 is 2.42 bits per heavy atom. The van der Waals surface area contributed by atoms with E-state index in [1.165, 1.54) is 12.3 Å². The largest absolute Gasteiger partial charge is 0.325 e. The molecule has 5 nitrogen and oxygen atoms in total. The van der Waals surface area contributed by atoms with Gasteiger partial charge in [-0.15, -0.1) is 0 Å². The normalized spacial score (nSPS) is 9.83. The first-order valence-electron chi connectivity index (χ1n) is 3.14. The number of aromatic nitrogens is 1. The molecule has 0 fully saturated rings. The second kappa shape index (κ2) is 3.59. The molecule has 1 aromatic heterocycles. The molecule has 1 heterocycles. The van der Waals surface area contributed by atoms with Gasteiger partial charge in [-0.1, -0.05) is 0 Å². The van der Waals surface area contributed by atoms with Crippen molar-refractivity contribution in [3.63, 3.8) is 0 Å². The van der Waals surface area contributed by atoms with Gasteiger partial charge in [-0.3, -0.25) is 15.1 Å². The quantitative estimate of drug-likeness (QED) is 0.613. The van der Waals surface area contributed by atoms with Crippen molar-refractivity contribution < 1.29 is 4.92 Å². The summed E-state index contributed by atoms with van der Waals surface area (Å²) in [6, 6.07) is 1.51. The van der Waals surface area contributed by atoms with Gasteiger partial charge in [0.15, 0.2) is 0 Å². The van der Waals surface area contributed by atoms with Crippen LogP contribution in [0.2, 0.25) is 0 Å². The maximum absolute atomic E-state index is 10.5. The number of hydrogen-bond acceptors (Lipinski definition) is 4. The summed E-state index contributed by atoms with van der Waals surface area (Å²) in [5, 5.41) is 10.5. The number of hydrogen-bond donors (Lipinski definition) is 1. The van der Waals surface area contributed by atoms with E-state index in [-0.39, 0.29) is 17.9 Å². The van der Waals surface area contributed by atoms with E-state index in [0.29, 0.717) is 4.47 Å². The molecular weight excluding hydrogens is 226 g/mol. The monoisotopic (exact) mass is 231 g/mol. The smallest absolute Gasteiger partial charge is 0.306 e. The molecule has 12 heavy (non-hydrogen) atoms. The first kappa shape index (κ1) is 9.08. The molecule has 0 aliphatic heterocycles. The van der Waals surface area contributed by atoms with Crippen LogP contribution in [0, 0.1) is 10.1 Å². The highest BCUT2D eigenvalue weighted by Crippen LogP contribution is 2.26. The molecule has 0 radical (unpaired) electrons. The van der Waals surface area contributed by atoms with Crippen LogP contribution >= 0.6 is 15.9 Å². The third kappa shape index (κ3) is 1.59. The van der Waals surface area contributed by atoms with E-state index in [0.717, 1.165) is 0 Å². The SMILES string of the molecule is NCc1nccc(Br)c1[N+](=O)[O-]. The predicted octanol–water partition coefficient (Wildman–Crippen LogP) is 1.21. The number of nitrogens with two attached hydrogens (primary N) is 1. The van der Waals surface area contributed by atoms with Crippen LogP contribution in [0.3, 0.4) is 0 Å². The Hall–Kier alpha value is -1.01. The fraction of sp³-hybridized carbons (Fsp3) is 0.167. The van der Waals surface area contributed by atoms with Crippen molar-refractivity contribution in [2.24, 2.45) is 5.73 Å². The molecule has 1 aromatic rings. The Balaban J connectivity index is 3.29. The molecule has 64 valence electrons. The van der Waals surface area contributed by atoms with Crippen LogP contribution in [0.1, 0.15) is 5.69 Å². The van der Waals surface area contributed by atoms with Crippen molar-refractivity contribution in [3.8, 4) is 0 Å². The zero-order valence-corrected chi connectivity index (χ0v) is 7.61. The van der Waals surface area contributed by atoms with Crippen molar-refractivity contribution in [2.75, 3.05) is 0 Å².